The largest absolute Gasteiger partial charge is 0.495 e. The summed E-state index contributed by atoms with van der Waals surface area (Å²) in [7, 11) is 3.38. The first-order chi connectivity index (χ1) is 14.0. The molecule has 0 saturated heterocycles. The van der Waals surface area contributed by atoms with Crippen molar-refractivity contribution in [2.24, 2.45) is 7.05 Å². The Bertz CT molecular complexity index is 1020. The van der Waals surface area contributed by atoms with E-state index in [2.05, 4.69) is 20.8 Å². The first-order valence-corrected chi connectivity index (χ1v) is 9.79. The molecule has 150 valence electrons. The molecule has 2 aromatic carbocycles. The summed E-state index contributed by atoms with van der Waals surface area (Å²) in [5.74, 6) is 0.964. The Morgan fingerprint density at radius 1 is 1.10 bits per heavy atom. The molecule has 0 bridgehead atoms. The molecule has 0 aliphatic heterocycles. The number of thioether (sulfide) groups is 1. The van der Waals surface area contributed by atoms with Gasteiger partial charge in [-0.3, -0.25) is 9.59 Å². The standard InChI is InChI=1S/C20H21N5O3S/c1-13(26)21-15-9-10-17(28-3)16(11-15)22-18(27)12-29-20-24-23-19(25(20)2)14-7-5-4-6-8-14/h4-11H,12H2,1-3H3,(H,21,26)(H,22,27). The molecule has 1 aromatic heterocycles. The third kappa shape index (κ3) is 5.14. The van der Waals surface area contributed by atoms with E-state index in [1.54, 1.807) is 18.2 Å². The number of ether oxygens (including phenoxy) is 1. The van der Waals surface area contributed by atoms with E-state index in [0.717, 1.165) is 11.4 Å². The van der Waals surface area contributed by atoms with Crippen LogP contribution in [-0.2, 0) is 16.6 Å². The van der Waals surface area contributed by atoms with Crippen LogP contribution in [0.25, 0.3) is 11.4 Å². The van der Waals surface area contributed by atoms with Crippen molar-refractivity contribution < 1.29 is 14.3 Å². The third-order valence-electron chi connectivity index (χ3n) is 3.99. The van der Waals surface area contributed by atoms with Crippen molar-refractivity contribution in [3.8, 4) is 17.1 Å². The first-order valence-electron chi connectivity index (χ1n) is 8.81. The van der Waals surface area contributed by atoms with Crippen molar-refractivity contribution >= 4 is 35.0 Å². The second kappa shape index (κ2) is 9.24. The first kappa shape index (κ1) is 20.4. The molecular formula is C20H21N5O3S. The van der Waals surface area contributed by atoms with E-state index < -0.39 is 0 Å². The van der Waals surface area contributed by atoms with Gasteiger partial charge in [0, 0.05) is 25.2 Å². The van der Waals surface area contributed by atoms with Crippen LogP contribution in [0.1, 0.15) is 6.92 Å². The lowest BCUT2D eigenvalue weighted by molar-refractivity contribution is -0.114. The zero-order chi connectivity index (χ0) is 20.8. The number of nitrogens with one attached hydrogen (secondary N) is 2. The van der Waals surface area contributed by atoms with Crippen LogP contribution in [-0.4, -0.2) is 39.4 Å². The molecule has 9 heteroatoms. The van der Waals surface area contributed by atoms with Gasteiger partial charge in [-0.15, -0.1) is 10.2 Å². The summed E-state index contributed by atoms with van der Waals surface area (Å²) < 4.78 is 7.13. The molecule has 3 rings (SSSR count). The zero-order valence-corrected chi connectivity index (χ0v) is 17.1. The van der Waals surface area contributed by atoms with Crippen LogP contribution in [0.4, 0.5) is 11.4 Å². The fourth-order valence-electron chi connectivity index (χ4n) is 2.68. The van der Waals surface area contributed by atoms with Crippen molar-refractivity contribution in [3.05, 3.63) is 48.5 Å². The minimum Gasteiger partial charge on any atom is -0.495 e. The van der Waals surface area contributed by atoms with Gasteiger partial charge in [0.2, 0.25) is 11.8 Å². The summed E-state index contributed by atoms with van der Waals surface area (Å²) in [4.78, 5) is 23.7. The van der Waals surface area contributed by atoms with Gasteiger partial charge < -0.3 is 19.9 Å². The van der Waals surface area contributed by atoms with E-state index in [1.165, 1.54) is 25.8 Å². The van der Waals surface area contributed by atoms with E-state index >= 15 is 0 Å². The lowest BCUT2D eigenvalue weighted by atomic mass is 10.2. The van der Waals surface area contributed by atoms with Crippen molar-refractivity contribution in [1.82, 2.24) is 14.8 Å². The van der Waals surface area contributed by atoms with Gasteiger partial charge >= 0.3 is 0 Å². The van der Waals surface area contributed by atoms with Crippen LogP contribution >= 0.6 is 11.8 Å². The molecule has 0 radical (unpaired) electrons. The fraction of sp³-hybridized carbons (Fsp3) is 0.200. The van der Waals surface area contributed by atoms with Gasteiger partial charge in [-0.1, -0.05) is 42.1 Å². The highest BCUT2D eigenvalue weighted by Crippen LogP contribution is 2.28. The molecule has 0 saturated carbocycles. The lowest BCUT2D eigenvalue weighted by Gasteiger charge is -2.12. The predicted octanol–water partition coefficient (Wildman–Crippen LogP) is 3.18. The Hall–Kier alpha value is -3.33. The third-order valence-corrected chi connectivity index (χ3v) is 5.01. The van der Waals surface area contributed by atoms with Crippen LogP contribution in [0.15, 0.2) is 53.7 Å². The summed E-state index contributed by atoms with van der Waals surface area (Å²) in [5, 5.41) is 14.5. The van der Waals surface area contributed by atoms with E-state index in [-0.39, 0.29) is 17.6 Å². The molecule has 3 aromatic rings. The smallest absolute Gasteiger partial charge is 0.234 e. The Balaban J connectivity index is 1.66. The van der Waals surface area contributed by atoms with Crippen molar-refractivity contribution in [2.75, 3.05) is 23.5 Å². The molecule has 0 aliphatic carbocycles. The topological polar surface area (TPSA) is 98.1 Å². The molecule has 1 heterocycles. The molecular weight excluding hydrogens is 390 g/mol. The van der Waals surface area contributed by atoms with E-state index in [0.29, 0.717) is 22.3 Å². The molecule has 8 nitrogen and oxygen atoms in total. The number of carbonyl (C=O) groups is 2. The molecule has 0 spiro atoms. The summed E-state index contributed by atoms with van der Waals surface area (Å²) in [5.41, 5.74) is 2.01. The van der Waals surface area contributed by atoms with Crippen LogP contribution in [0, 0.1) is 0 Å². The molecule has 2 N–H and O–H groups in total. The number of carbonyl (C=O) groups excluding carboxylic acids is 2. The number of amides is 2. The van der Waals surface area contributed by atoms with Crippen LogP contribution in [0.3, 0.4) is 0 Å². The summed E-state index contributed by atoms with van der Waals surface area (Å²) in [6.45, 7) is 1.42. The maximum atomic E-state index is 12.4. The monoisotopic (exact) mass is 411 g/mol. The molecule has 0 aliphatic rings. The number of benzene rings is 2. The van der Waals surface area contributed by atoms with Crippen LogP contribution in [0.5, 0.6) is 5.75 Å². The summed E-state index contributed by atoms with van der Waals surface area (Å²) in [6, 6.07) is 14.8. The van der Waals surface area contributed by atoms with Gasteiger partial charge in [0.05, 0.1) is 18.6 Å². The Labute approximate surface area is 172 Å². The Morgan fingerprint density at radius 2 is 1.86 bits per heavy atom. The number of rotatable bonds is 7. The Kier molecular flexibility index (Phi) is 6.50. The van der Waals surface area contributed by atoms with Gasteiger partial charge in [0.15, 0.2) is 11.0 Å². The summed E-state index contributed by atoms with van der Waals surface area (Å²) in [6.07, 6.45) is 0. The van der Waals surface area contributed by atoms with Crippen LogP contribution < -0.4 is 15.4 Å². The number of hydrogen-bond acceptors (Lipinski definition) is 6. The van der Waals surface area contributed by atoms with Crippen LogP contribution in [0.2, 0.25) is 0 Å². The average molecular weight is 411 g/mol. The highest BCUT2D eigenvalue weighted by Gasteiger charge is 2.14. The normalized spacial score (nSPS) is 10.4. The van der Waals surface area contributed by atoms with Gasteiger partial charge in [0.25, 0.3) is 0 Å². The molecule has 0 atom stereocenters. The molecule has 29 heavy (non-hydrogen) atoms. The zero-order valence-electron chi connectivity index (χ0n) is 16.3. The minimum atomic E-state index is -0.225. The molecule has 0 fully saturated rings. The van der Waals surface area contributed by atoms with Gasteiger partial charge in [-0.2, -0.15) is 0 Å². The second-order valence-electron chi connectivity index (χ2n) is 6.16. The number of aromatic nitrogens is 3. The van der Waals surface area contributed by atoms with Gasteiger partial charge in [-0.05, 0) is 18.2 Å². The maximum Gasteiger partial charge on any atom is 0.234 e. The van der Waals surface area contributed by atoms with E-state index in [9.17, 15) is 9.59 Å². The SMILES string of the molecule is COc1ccc(NC(C)=O)cc1NC(=O)CSc1nnc(-c2ccccc2)n1C. The minimum absolute atomic E-state index is 0.147. The van der Waals surface area contributed by atoms with Crippen molar-refractivity contribution in [1.29, 1.82) is 0 Å². The highest BCUT2D eigenvalue weighted by molar-refractivity contribution is 7.99. The Morgan fingerprint density at radius 3 is 2.55 bits per heavy atom. The maximum absolute atomic E-state index is 12.4. The quantitative estimate of drug-likeness (QED) is 0.580. The lowest BCUT2D eigenvalue weighted by Crippen LogP contribution is -2.15. The number of methoxy groups -OCH3 is 1. The second-order valence-corrected chi connectivity index (χ2v) is 7.11. The van der Waals surface area contributed by atoms with Gasteiger partial charge in [0.1, 0.15) is 5.75 Å². The predicted molar refractivity (Wildman–Crippen MR) is 113 cm³/mol. The summed E-state index contributed by atoms with van der Waals surface area (Å²) >= 11 is 1.28. The molecule has 0 unspecified atom stereocenters. The number of hydrogen-bond donors (Lipinski definition) is 2. The van der Waals surface area contributed by atoms with E-state index in [1.807, 2.05) is 41.9 Å². The average Bonchev–Trinajstić information content (AvgIpc) is 3.07. The highest BCUT2D eigenvalue weighted by atomic mass is 32.2. The van der Waals surface area contributed by atoms with Crippen molar-refractivity contribution in [2.45, 2.75) is 12.1 Å². The van der Waals surface area contributed by atoms with Gasteiger partial charge in [-0.25, -0.2) is 0 Å². The molecule has 2 amide bonds. The van der Waals surface area contributed by atoms with Crippen molar-refractivity contribution in [3.63, 3.8) is 0 Å². The number of anilines is 2. The fourth-order valence-corrected chi connectivity index (χ4v) is 3.39. The number of nitrogens with zero attached hydrogens (tertiary/aromatic N) is 3. The van der Waals surface area contributed by atoms with E-state index in [4.69, 9.17) is 4.74 Å².